The lowest BCUT2D eigenvalue weighted by atomic mass is 10.2. The van der Waals surface area contributed by atoms with Crippen LogP contribution < -0.4 is 15.4 Å². The molecule has 28 heavy (non-hydrogen) atoms. The van der Waals surface area contributed by atoms with Crippen LogP contribution in [0.15, 0.2) is 24.3 Å². The second-order valence-electron chi connectivity index (χ2n) is 7.00. The number of benzene rings is 1. The monoisotopic (exact) mass is 406 g/mol. The molecular formula is C19H26N4O4S. The SMILES string of the molecule is CCc1ccc(OCCc2nnc(NC(=O)CNC(=O)OC(C)(C)C)s2)cc1. The molecule has 1 aromatic carbocycles. The molecule has 1 aromatic heterocycles. The number of rotatable bonds is 8. The zero-order valence-electron chi connectivity index (χ0n) is 16.6. The average Bonchev–Trinajstić information content (AvgIpc) is 3.06. The Balaban J connectivity index is 1.71. The largest absolute Gasteiger partial charge is 0.493 e. The van der Waals surface area contributed by atoms with Crippen LogP contribution in [0.2, 0.25) is 0 Å². The van der Waals surface area contributed by atoms with Crippen molar-refractivity contribution in [3.8, 4) is 5.75 Å². The number of amides is 2. The summed E-state index contributed by atoms with van der Waals surface area (Å²) in [6, 6.07) is 7.98. The molecule has 2 aromatic rings. The topological polar surface area (TPSA) is 102 Å². The van der Waals surface area contributed by atoms with E-state index in [0.29, 0.717) is 18.2 Å². The molecular weight excluding hydrogens is 380 g/mol. The highest BCUT2D eigenvalue weighted by Gasteiger charge is 2.17. The van der Waals surface area contributed by atoms with Crippen molar-refractivity contribution in [2.24, 2.45) is 0 Å². The third-order valence-corrected chi connectivity index (χ3v) is 4.32. The van der Waals surface area contributed by atoms with Gasteiger partial charge in [0.1, 0.15) is 22.9 Å². The number of aromatic nitrogens is 2. The zero-order chi connectivity index (χ0) is 20.6. The Morgan fingerprint density at radius 2 is 1.86 bits per heavy atom. The molecule has 0 radical (unpaired) electrons. The molecule has 2 rings (SSSR count). The standard InChI is InChI=1S/C19H26N4O4S/c1-5-13-6-8-14(9-7-13)26-11-10-16-22-23-17(28-16)21-15(24)12-20-18(25)27-19(2,3)4/h6-9H,5,10-12H2,1-4H3,(H,20,25)(H,21,23,24). The number of hydrogen-bond acceptors (Lipinski definition) is 7. The number of ether oxygens (including phenoxy) is 2. The van der Waals surface area contributed by atoms with Crippen LogP contribution in [0.1, 0.15) is 38.3 Å². The van der Waals surface area contributed by atoms with Gasteiger partial charge in [-0.05, 0) is 44.9 Å². The van der Waals surface area contributed by atoms with Crippen molar-refractivity contribution in [2.45, 2.75) is 46.1 Å². The van der Waals surface area contributed by atoms with E-state index in [1.54, 1.807) is 20.8 Å². The van der Waals surface area contributed by atoms with Crippen molar-refractivity contribution < 1.29 is 19.1 Å². The number of nitrogens with zero attached hydrogens (tertiary/aromatic N) is 2. The fourth-order valence-electron chi connectivity index (χ4n) is 2.11. The Hall–Kier alpha value is -2.68. The lowest BCUT2D eigenvalue weighted by Gasteiger charge is -2.19. The summed E-state index contributed by atoms with van der Waals surface area (Å²) < 4.78 is 10.8. The highest BCUT2D eigenvalue weighted by molar-refractivity contribution is 7.15. The van der Waals surface area contributed by atoms with E-state index in [1.807, 2.05) is 24.3 Å². The summed E-state index contributed by atoms with van der Waals surface area (Å²) in [5.41, 5.74) is 0.646. The van der Waals surface area contributed by atoms with Gasteiger partial charge in [0.25, 0.3) is 0 Å². The average molecular weight is 407 g/mol. The molecule has 0 atom stereocenters. The maximum absolute atomic E-state index is 11.9. The van der Waals surface area contributed by atoms with E-state index in [1.165, 1.54) is 16.9 Å². The molecule has 0 saturated carbocycles. The molecule has 0 aliphatic rings. The summed E-state index contributed by atoms with van der Waals surface area (Å²) in [5.74, 6) is 0.407. The van der Waals surface area contributed by atoms with E-state index in [4.69, 9.17) is 9.47 Å². The number of hydrogen-bond donors (Lipinski definition) is 2. The third kappa shape index (κ3) is 7.91. The van der Waals surface area contributed by atoms with Crippen LogP contribution in [0.4, 0.5) is 9.93 Å². The van der Waals surface area contributed by atoms with Crippen LogP contribution in [-0.2, 0) is 22.4 Å². The van der Waals surface area contributed by atoms with Crippen LogP contribution in [0, 0.1) is 0 Å². The number of carbonyl (C=O) groups excluding carboxylic acids is 2. The van der Waals surface area contributed by atoms with E-state index in [2.05, 4.69) is 27.8 Å². The molecule has 9 heteroatoms. The van der Waals surface area contributed by atoms with Crippen LogP contribution >= 0.6 is 11.3 Å². The predicted molar refractivity (Wildman–Crippen MR) is 108 cm³/mol. The highest BCUT2D eigenvalue weighted by Crippen LogP contribution is 2.17. The summed E-state index contributed by atoms with van der Waals surface area (Å²) in [7, 11) is 0. The van der Waals surface area contributed by atoms with E-state index in [-0.39, 0.29) is 6.54 Å². The highest BCUT2D eigenvalue weighted by atomic mass is 32.1. The minimum Gasteiger partial charge on any atom is -0.493 e. The number of alkyl carbamates (subject to hydrolysis) is 1. The van der Waals surface area contributed by atoms with Crippen LogP contribution in [-0.4, -0.2) is 41.0 Å². The fraction of sp³-hybridized carbons (Fsp3) is 0.474. The van der Waals surface area contributed by atoms with Crippen LogP contribution in [0.5, 0.6) is 5.75 Å². The van der Waals surface area contributed by atoms with Crippen molar-refractivity contribution >= 4 is 28.5 Å². The Kier molecular flexibility index (Phi) is 7.74. The zero-order valence-corrected chi connectivity index (χ0v) is 17.4. The molecule has 152 valence electrons. The van der Waals surface area contributed by atoms with Crippen molar-refractivity contribution in [1.29, 1.82) is 0 Å². The first-order valence-corrected chi connectivity index (χ1v) is 9.87. The van der Waals surface area contributed by atoms with Gasteiger partial charge in [-0.25, -0.2) is 4.79 Å². The van der Waals surface area contributed by atoms with Gasteiger partial charge in [0.15, 0.2) is 0 Å². The number of nitrogens with one attached hydrogen (secondary N) is 2. The molecule has 1 heterocycles. The smallest absolute Gasteiger partial charge is 0.408 e. The molecule has 2 amide bonds. The quantitative estimate of drug-likeness (QED) is 0.698. The van der Waals surface area contributed by atoms with Crippen molar-refractivity contribution in [2.75, 3.05) is 18.5 Å². The molecule has 0 aliphatic carbocycles. The van der Waals surface area contributed by atoms with Crippen molar-refractivity contribution in [1.82, 2.24) is 15.5 Å². The maximum atomic E-state index is 11.9. The first-order chi connectivity index (χ1) is 13.2. The fourth-order valence-corrected chi connectivity index (χ4v) is 2.85. The first kappa shape index (κ1) is 21.6. The molecule has 0 bridgehead atoms. The normalized spacial score (nSPS) is 11.0. The van der Waals surface area contributed by atoms with E-state index in [0.717, 1.165) is 17.2 Å². The predicted octanol–water partition coefficient (Wildman–Crippen LogP) is 3.19. The van der Waals surface area contributed by atoms with Gasteiger partial charge >= 0.3 is 6.09 Å². The van der Waals surface area contributed by atoms with E-state index >= 15 is 0 Å². The summed E-state index contributed by atoms with van der Waals surface area (Å²) in [6.45, 7) is 7.61. The van der Waals surface area contributed by atoms with Crippen LogP contribution in [0.3, 0.4) is 0 Å². The summed E-state index contributed by atoms with van der Waals surface area (Å²) in [4.78, 5) is 23.4. The molecule has 0 spiro atoms. The van der Waals surface area contributed by atoms with Gasteiger partial charge in [0, 0.05) is 6.42 Å². The Morgan fingerprint density at radius 3 is 2.50 bits per heavy atom. The molecule has 0 unspecified atom stereocenters. The van der Waals surface area contributed by atoms with Crippen LogP contribution in [0.25, 0.3) is 0 Å². The van der Waals surface area contributed by atoms with E-state index < -0.39 is 17.6 Å². The summed E-state index contributed by atoms with van der Waals surface area (Å²) in [6.07, 6.45) is 0.927. The Bertz CT molecular complexity index is 784. The third-order valence-electron chi connectivity index (χ3n) is 3.42. The number of carbonyl (C=O) groups is 2. The number of aryl methyl sites for hydroxylation is 1. The van der Waals surface area contributed by atoms with Gasteiger partial charge in [-0.1, -0.05) is 30.4 Å². The maximum Gasteiger partial charge on any atom is 0.408 e. The van der Waals surface area contributed by atoms with Gasteiger partial charge in [-0.15, -0.1) is 10.2 Å². The second-order valence-corrected chi connectivity index (χ2v) is 8.06. The van der Waals surface area contributed by atoms with Crippen molar-refractivity contribution in [3.05, 3.63) is 34.8 Å². The van der Waals surface area contributed by atoms with Gasteiger partial charge < -0.3 is 14.8 Å². The number of anilines is 1. The van der Waals surface area contributed by atoms with Gasteiger partial charge in [0.05, 0.1) is 6.61 Å². The Morgan fingerprint density at radius 1 is 1.14 bits per heavy atom. The first-order valence-electron chi connectivity index (χ1n) is 9.06. The lowest BCUT2D eigenvalue weighted by Crippen LogP contribution is -2.37. The van der Waals surface area contributed by atoms with Gasteiger partial charge in [-0.2, -0.15) is 0 Å². The van der Waals surface area contributed by atoms with Gasteiger partial charge in [-0.3, -0.25) is 10.1 Å². The lowest BCUT2D eigenvalue weighted by molar-refractivity contribution is -0.115. The molecule has 0 aliphatic heterocycles. The minimum absolute atomic E-state index is 0.208. The van der Waals surface area contributed by atoms with Gasteiger partial charge in [0.2, 0.25) is 11.0 Å². The Labute approximate surface area is 168 Å². The van der Waals surface area contributed by atoms with Crippen molar-refractivity contribution in [3.63, 3.8) is 0 Å². The molecule has 0 fully saturated rings. The second kappa shape index (κ2) is 10.0. The minimum atomic E-state index is -0.648. The molecule has 2 N–H and O–H groups in total. The molecule has 0 saturated heterocycles. The summed E-state index contributed by atoms with van der Waals surface area (Å²) >= 11 is 1.27. The van der Waals surface area contributed by atoms with E-state index in [9.17, 15) is 9.59 Å². The molecule has 8 nitrogen and oxygen atoms in total. The summed E-state index contributed by atoms with van der Waals surface area (Å²) in [5, 5.41) is 14.1.